The van der Waals surface area contributed by atoms with E-state index in [1.165, 1.54) is 20.3 Å². The SMILES string of the molecule is COC(=O)CN(C)CC=CC(=O)Nc1cc2cnc(Nc3cccc(Br)c3)nc2cc1OC. The fourth-order valence-corrected chi connectivity index (χ4v) is 3.34. The molecule has 3 rings (SSSR count). The number of rotatable bonds is 9. The number of aromatic nitrogens is 2. The molecule has 0 radical (unpaired) electrons. The maximum Gasteiger partial charge on any atom is 0.319 e. The number of carbonyl (C=O) groups excluding carboxylic acids is 2. The lowest BCUT2D eigenvalue weighted by atomic mass is 10.2. The molecule has 0 aliphatic carbocycles. The predicted molar refractivity (Wildman–Crippen MR) is 131 cm³/mol. The lowest BCUT2D eigenvalue weighted by molar-refractivity contribution is -0.141. The Morgan fingerprint density at radius 3 is 2.76 bits per heavy atom. The number of halogens is 1. The van der Waals surface area contributed by atoms with Gasteiger partial charge in [0.25, 0.3) is 0 Å². The van der Waals surface area contributed by atoms with E-state index in [-0.39, 0.29) is 18.4 Å². The van der Waals surface area contributed by atoms with E-state index in [1.54, 1.807) is 36.4 Å². The predicted octanol–water partition coefficient (Wildman–Crippen LogP) is 3.74. The lowest BCUT2D eigenvalue weighted by Gasteiger charge is -2.12. The van der Waals surface area contributed by atoms with Crippen molar-refractivity contribution in [3.8, 4) is 5.75 Å². The second-order valence-electron chi connectivity index (χ2n) is 7.10. The van der Waals surface area contributed by atoms with Gasteiger partial charge in [-0.15, -0.1) is 0 Å². The van der Waals surface area contributed by atoms with Crippen LogP contribution in [0.5, 0.6) is 5.75 Å². The van der Waals surface area contributed by atoms with Crippen LogP contribution in [-0.2, 0) is 14.3 Å². The van der Waals surface area contributed by atoms with Gasteiger partial charge in [-0.3, -0.25) is 14.5 Å². The number of nitrogens with one attached hydrogen (secondary N) is 2. The summed E-state index contributed by atoms with van der Waals surface area (Å²) in [5.74, 6) is 0.249. The number of anilines is 3. The molecule has 33 heavy (non-hydrogen) atoms. The standard InChI is InChI=1S/C23H24BrN5O4/c1-29(14-22(31)33-3)9-5-8-21(30)27-19-10-15-13-25-23(28-18(15)12-20(19)32-2)26-17-7-4-6-16(24)11-17/h4-8,10-13H,9,14H2,1-3H3,(H,27,30)(H,25,26,28). The van der Waals surface area contributed by atoms with E-state index in [4.69, 9.17) is 4.74 Å². The Morgan fingerprint density at radius 2 is 2.03 bits per heavy atom. The lowest BCUT2D eigenvalue weighted by Crippen LogP contribution is -2.27. The summed E-state index contributed by atoms with van der Waals surface area (Å²) in [5.41, 5.74) is 2.01. The normalized spacial score (nSPS) is 11.1. The highest BCUT2D eigenvalue weighted by Gasteiger charge is 2.11. The van der Waals surface area contributed by atoms with Crippen LogP contribution in [0.1, 0.15) is 0 Å². The fourth-order valence-electron chi connectivity index (χ4n) is 2.95. The van der Waals surface area contributed by atoms with Crippen molar-refractivity contribution < 1.29 is 19.1 Å². The van der Waals surface area contributed by atoms with E-state index in [0.29, 0.717) is 29.4 Å². The minimum absolute atomic E-state index is 0.138. The van der Waals surface area contributed by atoms with Crippen molar-refractivity contribution in [1.82, 2.24) is 14.9 Å². The zero-order valence-electron chi connectivity index (χ0n) is 18.5. The summed E-state index contributed by atoms with van der Waals surface area (Å²) in [4.78, 5) is 34.2. The maximum atomic E-state index is 12.4. The van der Waals surface area contributed by atoms with Crippen LogP contribution in [0.25, 0.3) is 10.9 Å². The molecular formula is C23H24BrN5O4. The van der Waals surface area contributed by atoms with Gasteiger partial charge in [-0.1, -0.05) is 28.1 Å². The Balaban J connectivity index is 1.71. The molecule has 0 saturated carbocycles. The van der Waals surface area contributed by atoms with Gasteiger partial charge in [0.2, 0.25) is 11.9 Å². The van der Waals surface area contributed by atoms with Gasteiger partial charge in [0, 0.05) is 40.4 Å². The number of amides is 1. The van der Waals surface area contributed by atoms with Gasteiger partial charge in [0.15, 0.2) is 0 Å². The third-order valence-electron chi connectivity index (χ3n) is 4.55. The summed E-state index contributed by atoms with van der Waals surface area (Å²) in [6, 6.07) is 11.2. The second-order valence-corrected chi connectivity index (χ2v) is 8.02. The monoisotopic (exact) mass is 513 g/mol. The molecule has 0 fully saturated rings. The van der Waals surface area contributed by atoms with Crippen molar-refractivity contribution in [3.63, 3.8) is 0 Å². The first-order valence-electron chi connectivity index (χ1n) is 9.98. The van der Waals surface area contributed by atoms with Gasteiger partial charge >= 0.3 is 5.97 Å². The molecule has 1 heterocycles. The first kappa shape index (κ1) is 24.1. The molecule has 2 aromatic carbocycles. The smallest absolute Gasteiger partial charge is 0.319 e. The van der Waals surface area contributed by atoms with Gasteiger partial charge in [0.05, 0.1) is 32.0 Å². The number of hydrogen-bond donors (Lipinski definition) is 2. The molecule has 0 aliphatic rings. The molecule has 172 valence electrons. The molecule has 1 amide bonds. The Hall–Kier alpha value is -3.50. The molecule has 0 aliphatic heterocycles. The first-order chi connectivity index (χ1) is 15.9. The van der Waals surface area contributed by atoms with Crippen molar-refractivity contribution in [3.05, 3.63) is 59.2 Å². The van der Waals surface area contributed by atoms with Crippen molar-refractivity contribution >= 4 is 56.0 Å². The summed E-state index contributed by atoms with van der Waals surface area (Å²) in [6.07, 6.45) is 4.74. The average Bonchev–Trinajstić information content (AvgIpc) is 2.78. The summed E-state index contributed by atoms with van der Waals surface area (Å²) >= 11 is 3.44. The van der Waals surface area contributed by atoms with Crippen LogP contribution in [0.3, 0.4) is 0 Å². The Kier molecular flexibility index (Phi) is 8.34. The number of esters is 1. The molecule has 9 nitrogen and oxygen atoms in total. The van der Waals surface area contributed by atoms with E-state index in [9.17, 15) is 9.59 Å². The average molecular weight is 514 g/mol. The summed E-state index contributed by atoms with van der Waals surface area (Å²) in [5, 5.41) is 6.71. The van der Waals surface area contributed by atoms with Crippen molar-refractivity contribution in [2.75, 3.05) is 45.0 Å². The van der Waals surface area contributed by atoms with Crippen LogP contribution in [0.2, 0.25) is 0 Å². The zero-order chi connectivity index (χ0) is 23.8. The molecule has 2 N–H and O–H groups in total. The number of hydrogen-bond acceptors (Lipinski definition) is 8. The number of methoxy groups -OCH3 is 2. The molecule has 1 aromatic heterocycles. The maximum absolute atomic E-state index is 12.4. The number of likely N-dealkylation sites (N-methyl/N-ethyl adjacent to an activating group) is 1. The van der Waals surface area contributed by atoms with Gasteiger partial charge < -0.3 is 20.1 Å². The molecule has 3 aromatic rings. The number of ether oxygens (including phenoxy) is 2. The molecule has 0 spiro atoms. The van der Waals surface area contributed by atoms with E-state index < -0.39 is 0 Å². The van der Waals surface area contributed by atoms with Gasteiger partial charge in [-0.25, -0.2) is 9.97 Å². The highest BCUT2D eigenvalue weighted by atomic mass is 79.9. The number of benzene rings is 2. The molecule has 0 atom stereocenters. The third kappa shape index (κ3) is 6.99. The number of carbonyl (C=O) groups is 2. The fraction of sp³-hybridized carbons (Fsp3) is 0.217. The molecule has 0 bridgehead atoms. The van der Waals surface area contributed by atoms with Crippen LogP contribution in [0, 0.1) is 0 Å². The number of nitrogens with zero attached hydrogens (tertiary/aromatic N) is 3. The van der Waals surface area contributed by atoms with Crippen LogP contribution < -0.4 is 15.4 Å². The highest BCUT2D eigenvalue weighted by molar-refractivity contribution is 9.10. The van der Waals surface area contributed by atoms with Crippen LogP contribution in [0.15, 0.2) is 59.2 Å². The topological polar surface area (TPSA) is 106 Å². The van der Waals surface area contributed by atoms with E-state index in [2.05, 4.69) is 41.3 Å². The summed E-state index contributed by atoms with van der Waals surface area (Å²) in [7, 11) is 4.61. The Morgan fingerprint density at radius 1 is 1.21 bits per heavy atom. The number of fused-ring (bicyclic) bond motifs is 1. The van der Waals surface area contributed by atoms with E-state index >= 15 is 0 Å². The van der Waals surface area contributed by atoms with Crippen LogP contribution in [-0.4, -0.2) is 61.1 Å². The highest BCUT2D eigenvalue weighted by Crippen LogP contribution is 2.30. The minimum atomic E-state index is -0.339. The first-order valence-corrected chi connectivity index (χ1v) is 10.8. The van der Waals surface area contributed by atoms with Gasteiger partial charge in [-0.05, 0) is 31.3 Å². The van der Waals surface area contributed by atoms with Gasteiger partial charge in [-0.2, -0.15) is 0 Å². The summed E-state index contributed by atoms with van der Waals surface area (Å²) in [6.45, 7) is 0.554. The Labute approximate surface area is 199 Å². The van der Waals surface area contributed by atoms with Crippen LogP contribution in [0.4, 0.5) is 17.3 Å². The quantitative estimate of drug-likeness (QED) is 0.329. The Bertz CT molecular complexity index is 1180. The molecule has 10 heteroatoms. The van der Waals surface area contributed by atoms with E-state index in [1.807, 2.05) is 24.3 Å². The second kappa shape index (κ2) is 11.4. The minimum Gasteiger partial charge on any atom is -0.494 e. The summed E-state index contributed by atoms with van der Waals surface area (Å²) < 4.78 is 11.0. The van der Waals surface area contributed by atoms with Crippen molar-refractivity contribution in [1.29, 1.82) is 0 Å². The largest absolute Gasteiger partial charge is 0.494 e. The van der Waals surface area contributed by atoms with E-state index in [0.717, 1.165) is 15.5 Å². The van der Waals surface area contributed by atoms with Gasteiger partial charge in [0.1, 0.15) is 5.75 Å². The molecule has 0 saturated heterocycles. The van der Waals surface area contributed by atoms with Crippen LogP contribution >= 0.6 is 15.9 Å². The zero-order valence-corrected chi connectivity index (χ0v) is 20.0. The van der Waals surface area contributed by atoms with Crippen molar-refractivity contribution in [2.24, 2.45) is 0 Å². The third-order valence-corrected chi connectivity index (χ3v) is 5.05. The molecular weight excluding hydrogens is 490 g/mol. The molecule has 0 unspecified atom stereocenters. The van der Waals surface area contributed by atoms with Crippen molar-refractivity contribution in [2.45, 2.75) is 0 Å².